The number of nitrogens with one attached hydrogen (secondary N) is 1. The fourth-order valence-electron chi connectivity index (χ4n) is 4.18. The van der Waals surface area contributed by atoms with E-state index in [9.17, 15) is 14.7 Å². The standard InChI is InChI=1S/C20H28N2O3/c1-19(2,3)14-11-13(5-6-16(14)23)17(24)15-12-20(18(25)22(15)4)7-9-21-10-8-20/h5-6,11,15,21,23H,7-10,12H2,1-4H3. The lowest BCUT2D eigenvalue weighted by Gasteiger charge is -2.31. The zero-order chi connectivity index (χ0) is 18.4. The number of amides is 1. The summed E-state index contributed by atoms with van der Waals surface area (Å²) in [5.74, 6) is 0.272. The highest BCUT2D eigenvalue weighted by molar-refractivity contribution is 6.04. The third-order valence-corrected chi connectivity index (χ3v) is 5.78. The maximum atomic E-state index is 13.1. The molecule has 1 amide bonds. The molecule has 2 heterocycles. The molecule has 136 valence electrons. The topological polar surface area (TPSA) is 69.6 Å². The summed E-state index contributed by atoms with van der Waals surface area (Å²) in [7, 11) is 1.74. The zero-order valence-electron chi connectivity index (χ0n) is 15.6. The van der Waals surface area contributed by atoms with E-state index in [1.54, 1.807) is 30.1 Å². The molecule has 1 atom stereocenters. The van der Waals surface area contributed by atoms with Gasteiger partial charge in [-0.1, -0.05) is 20.8 Å². The number of likely N-dealkylation sites (tertiary alicyclic amines) is 1. The van der Waals surface area contributed by atoms with Crippen molar-refractivity contribution in [1.82, 2.24) is 10.2 Å². The lowest BCUT2D eigenvalue weighted by molar-refractivity contribution is -0.136. The van der Waals surface area contributed by atoms with Crippen LogP contribution >= 0.6 is 0 Å². The minimum absolute atomic E-state index is 0.0308. The largest absolute Gasteiger partial charge is 0.508 e. The summed E-state index contributed by atoms with van der Waals surface area (Å²) in [5.41, 5.74) is 0.679. The fraction of sp³-hybridized carbons (Fsp3) is 0.600. The first-order valence-electron chi connectivity index (χ1n) is 9.01. The lowest BCUT2D eigenvalue weighted by Crippen LogP contribution is -2.42. The Morgan fingerprint density at radius 1 is 1.28 bits per heavy atom. The molecular weight excluding hydrogens is 316 g/mol. The van der Waals surface area contributed by atoms with Gasteiger partial charge in [-0.3, -0.25) is 9.59 Å². The number of hydrogen-bond acceptors (Lipinski definition) is 4. The number of carbonyl (C=O) groups excluding carboxylic acids is 2. The number of benzene rings is 1. The second-order valence-corrected chi connectivity index (χ2v) is 8.51. The van der Waals surface area contributed by atoms with Gasteiger partial charge < -0.3 is 15.3 Å². The van der Waals surface area contributed by atoms with Crippen molar-refractivity contribution in [2.45, 2.75) is 51.5 Å². The van der Waals surface area contributed by atoms with Crippen LogP contribution in [0.1, 0.15) is 56.0 Å². The van der Waals surface area contributed by atoms with Crippen molar-refractivity contribution in [2.24, 2.45) is 5.41 Å². The van der Waals surface area contributed by atoms with Crippen molar-refractivity contribution in [1.29, 1.82) is 0 Å². The molecule has 2 saturated heterocycles. The third-order valence-electron chi connectivity index (χ3n) is 5.78. The minimum Gasteiger partial charge on any atom is -0.508 e. The quantitative estimate of drug-likeness (QED) is 0.809. The normalized spacial score (nSPS) is 23.3. The van der Waals surface area contributed by atoms with Crippen LogP contribution < -0.4 is 5.32 Å². The Morgan fingerprint density at radius 2 is 1.92 bits per heavy atom. The monoisotopic (exact) mass is 344 g/mol. The molecule has 1 unspecified atom stereocenters. The third kappa shape index (κ3) is 3.06. The molecule has 2 aliphatic rings. The molecule has 2 aliphatic heterocycles. The summed E-state index contributed by atoms with van der Waals surface area (Å²) >= 11 is 0. The van der Waals surface area contributed by atoms with Gasteiger partial charge in [0.1, 0.15) is 5.75 Å². The number of Topliss-reactive ketones (excluding diaryl/α,β-unsaturated/α-hetero) is 1. The summed E-state index contributed by atoms with van der Waals surface area (Å²) in [6.45, 7) is 7.67. The first kappa shape index (κ1) is 17.9. The summed E-state index contributed by atoms with van der Waals surface area (Å²) in [5, 5.41) is 13.4. The Kier molecular flexibility index (Phi) is 4.40. The van der Waals surface area contributed by atoms with Crippen LogP contribution in [-0.2, 0) is 10.2 Å². The van der Waals surface area contributed by atoms with Crippen molar-refractivity contribution in [3.8, 4) is 5.75 Å². The predicted molar refractivity (Wildman–Crippen MR) is 96.8 cm³/mol. The summed E-state index contributed by atoms with van der Waals surface area (Å²) < 4.78 is 0. The molecule has 0 aromatic heterocycles. The molecule has 25 heavy (non-hydrogen) atoms. The van der Waals surface area contributed by atoms with Crippen LogP contribution in [0.4, 0.5) is 0 Å². The number of likely N-dealkylation sites (N-methyl/N-ethyl adjacent to an activating group) is 1. The smallest absolute Gasteiger partial charge is 0.229 e. The summed E-state index contributed by atoms with van der Waals surface area (Å²) in [6.07, 6.45) is 2.18. The van der Waals surface area contributed by atoms with E-state index in [1.165, 1.54) is 0 Å². The van der Waals surface area contributed by atoms with E-state index >= 15 is 0 Å². The van der Waals surface area contributed by atoms with E-state index in [-0.39, 0.29) is 28.3 Å². The Hall–Kier alpha value is -1.88. The molecule has 0 saturated carbocycles. The Labute approximate surface area is 149 Å². The number of hydrogen-bond donors (Lipinski definition) is 2. The van der Waals surface area contributed by atoms with E-state index in [1.807, 2.05) is 20.8 Å². The highest BCUT2D eigenvalue weighted by Gasteiger charge is 2.52. The van der Waals surface area contributed by atoms with E-state index < -0.39 is 6.04 Å². The van der Waals surface area contributed by atoms with Crippen LogP contribution in [0.25, 0.3) is 0 Å². The Balaban J connectivity index is 1.90. The van der Waals surface area contributed by atoms with Gasteiger partial charge in [-0.25, -0.2) is 0 Å². The average Bonchev–Trinajstić information content (AvgIpc) is 2.80. The van der Waals surface area contributed by atoms with Gasteiger partial charge in [0.05, 0.1) is 11.5 Å². The molecule has 5 heteroatoms. The van der Waals surface area contributed by atoms with Crippen LogP contribution in [0.3, 0.4) is 0 Å². The van der Waals surface area contributed by atoms with Crippen molar-refractivity contribution in [2.75, 3.05) is 20.1 Å². The van der Waals surface area contributed by atoms with Gasteiger partial charge in [0.2, 0.25) is 5.91 Å². The van der Waals surface area contributed by atoms with Crippen molar-refractivity contribution >= 4 is 11.7 Å². The van der Waals surface area contributed by atoms with E-state index in [2.05, 4.69) is 5.32 Å². The van der Waals surface area contributed by atoms with Gasteiger partial charge >= 0.3 is 0 Å². The minimum atomic E-state index is -0.414. The molecule has 0 bridgehead atoms. The van der Waals surface area contributed by atoms with Gasteiger partial charge in [-0.2, -0.15) is 0 Å². The number of ketones is 1. The number of nitrogens with zero attached hydrogens (tertiary/aromatic N) is 1. The van der Waals surface area contributed by atoms with E-state index in [0.29, 0.717) is 12.0 Å². The van der Waals surface area contributed by atoms with Crippen molar-refractivity contribution in [3.05, 3.63) is 29.3 Å². The summed E-state index contributed by atoms with van der Waals surface area (Å²) in [6, 6.07) is 4.62. The number of phenols is 1. The number of phenolic OH excluding ortho intramolecular Hbond substituents is 1. The van der Waals surface area contributed by atoms with Gasteiger partial charge in [-0.15, -0.1) is 0 Å². The zero-order valence-corrected chi connectivity index (χ0v) is 15.6. The van der Waals surface area contributed by atoms with Gasteiger partial charge in [-0.05, 0) is 61.5 Å². The molecule has 3 rings (SSSR count). The Bertz CT molecular complexity index is 699. The first-order chi connectivity index (χ1) is 11.7. The maximum Gasteiger partial charge on any atom is 0.229 e. The average molecular weight is 344 g/mol. The van der Waals surface area contributed by atoms with Crippen LogP contribution in [0, 0.1) is 5.41 Å². The molecule has 1 aromatic carbocycles. The molecule has 0 aliphatic carbocycles. The first-order valence-corrected chi connectivity index (χ1v) is 9.01. The van der Waals surface area contributed by atoms with Crippen LogP contribution in [0.2, 0.25) is 0 Å². The van der Waals surface area contributed by atoms with Crippen molar-refractivity contribution in [3.63, 3.8) is 0 Å². The van der Waals surface area contributed by atoms with Crippen LogP contribution in [0.5, 0.6) is 5.75 Å². The fourth-order valence-corrected chi connectivity index (χ4v) is 4.18. The van der Waals surface area contributed by atoms with E-state index in [4.69, 9.17) is 0 Å². The number of aromatic hydroxyl groups is 1. The molecule has 5 nitrogen and oxygen atoms in total. The van der Waals surface area contributed by atoms with Gasteiger partial charge in [0, 0.05) is 12.6 Å². The van der Waals surface area contributed by atoms with E-state index in [0.717, 1.165) is 31.5 Å². The molecule has 0 radical (unpaired) electrons. The molecule has 1 spiro atoms. The van der Waals surface area contributed by atoms with Crippen molar-refractivity contribution < 1.29 is 14.7 Å². The second kappa shape index (κ2) is 6.13. The van der Waals surface area contributed by atoms with Gasteiger partial charge in [0.15, 0.2) is 5.78 Å². The molecular formula is C20H28N2O3. The van der Waals surface area contributed by atoms with Gasteiger partial charge in [0.25, 0.3) is 0 Å². The highest BCUT2D eigenvalue weighted by atomic mass is 16.3. The van der Waals surface area contributed by atoms with Crippen LogP contribution in [-0.4, -0.2) is 47.9 Å². The highest BCUT2D eigenvalue weighted by Crippen LogP contribution is 2.43. The SMILES string of the molecule is CN1C(=O)C2(CCNCC2)CC1C(=O)c1ccc(O)c(C(C)(C)C)c1. The molecule has 2 fully saturated rings. The van der Waals surface area contributed by atoms with Crippen LogP contribution in [0.15, 0.2) is 18.2 Å². The number of rotatable bonds is 2. The molecule has 1 aromatic rings. The summed E-state index contributed by atoms with van der Waals surface area (Å²) in [4.78, 5) is 27.6. The Morgan fingerprint density at radius 3 is 2.52 bits per heavy atom. The molecule has 2 N–H and O–H groups in total. The lowest BCUT2D eigenvalue weighted by atomic mass is 9.76. The number of piperidine rings is 1. The second-order valence-electron chi connectivity index (χ2n) is 8.51. The number of carbonyl (C=O) groups is 2. The predicted octanol–water partition coefficient (Wildman–Crippen LogP) is 2.47. The maximum absolute atomic E-state index is 13.1.